The maximum atomic E-state index is 12.4. The van der Waals surface area contributed by atoms with E-state index in [2.05, 4.69) is 10.2 Å². The lowest BCUT2D eigenvalue weighted by Crippen LogP contribution is -2.48. The first-order chi connectivity index (χ1) is 11.3. The fourth-order valence-electron chi connectivity index (χ4n) is 3.68. The highest BCUT2D eigenvalue weighted by molar-refractivity contribution is 5.78. The minimum absolute atomic E-state index is 0.148. The van der Waals surface area contributed by atoms with E-state index in [9.17, 15) is 4.79 Å². The molecule has 1 amide bonds. The number of amides is 1. The largest absolute Gasteiger partial charge is 0.469 e. The molecule has 0 aromatic carbocycles. The van der Waals surface area contributed by atoms with Gasteiger partial charge in [-0.15, -0.1) is 0 Å². The van der Waals surface area contributed by atoms with Gasteiger partial charge in [0.15, 0.2) is 0 Å². The summed E-state index contributed by atoms with van der Waals surface area (Å²) in [6.07, 6.45) is 7.86. The number of carbonyl (C=O) groups is 1. The molecule has 1 aromatic heterocycles. The van der Waals surface area contributed by atoms with Crippen molar-refractivity contribution < 1.29 is 13.9 Å². The molecule has 1 atom stereocenters. The maximum absolute atomic E-state index is 12.4. The van der Waals surface area contributed by atoms with Crippen molar-refractivity contribution in [2.45, 2.75) is 44.6 Å². The Bertz CT molecular complexity index is 469. The van der Waals surface area contributed by atoms with Gasteiger partial charge < -0.3 is 14.5 Å². The van der Waals surface area contributed by atoms with Crippen molar-refractivity contribution in [1.29, 1.82) is 0 Å². The van der Waals surface area contributed by atoms with Crippen molar-refractivity contribution in [1.82, 2.24) is 10.2 Å². The average molecular weight is 320 g/mol. The van der Waals surface area contributed by atoms with Crippen molar-refractivity contribution in [3.05, 3.63) is 24.2 Å². The number of ether oxygens (including phenoxy) is 1. The van der Waals surface area contributed by atoms with Crippen molar-refractivity contribution in [3.8, 4) is 0 Å². The Hall–Kier alpha value is -1.33. The van der Waals surface area contributed by atoms with Gasteiger partial charge in [-0.2, -0.15) is 0 Å². The molecule has 0 aliphatic carbocycles. The number of likely N-dealkylation sites (tertiary alicyclic amines) is 1. The van der Waals surface area contributed by atoms with Gasteiger partial charge in [0.1, 0.15) is 5.76 Å². The Balaban J connectivity index is 1.38. The van der Waals surface area contributed by atoms with Crippen LogP contribution < -0.4 is 5.32 Å². The molecular formula is C18H28N2O3. The SMILES string of the molecule is O=C(NCCCc1ccco1)[C@H]1CCCN(C2CCOCC2)C1. The number of carbonyl (C=O) groups excluding carboxylic acids is 1. The van der Waals surface area contributed by atoms with E-state index in [0.29, 0.717) is 6.04 Å². The van der Waals surface area contributed by atoms with Crippen molar-refractivity contribution >= 4 is 5.91 Å². The molecule has 1 aromatic rings. The summed E-state index contributed by atoms with van der Waals surface area (Å²) in [5.41, 5.74) is 0. The number of hydrogen-bond acceptors (Lipinski definition) is 4. The summed E-state index contributed by atoms with van der Waals surface area (Å²) in [4.78, 5) is 14.9. The van der Waals surface area contributed by atoms with Crippen LogP contribution in [0.5, 0.6) is 0 Å². The Morgan fingerprint density at radius 1 is 1.30 bits per heavy atom. The summed E-state index contributed by atoms with van der Waals surface area (Å²) in [6.45, 7) is 4.50. The predicted molar refractivity (Wildman–Crippen MR) is 88.2 cm³/mol. The van der Waals surface area contributed by atoms with Crippen LogP contribution in [-0.2, 0) is 16.0 Å². The van der Waals surface area contributed by atoms with Crippen molar-refractivity contribution in [2.75, 3.05) is 32.8 Å². The first-order valence-corrected chi connectivity index (χ1v) is 8.95. The second-order valence-electron chi connectivity index (χ2n) is 6.65. The Morgan fingerprint density at radius 2 is 2.17 bits per heavy atom. The zero-order valence-corrected chi connectivity index (χ0v) is 13.8. The van der Waals surface area contributed by atoms with Crippen LogP contribution in [-0.4, -0.2) is 49.7 Å². The van der Waals surface area contributed by atoms with Crippen LogP contribution in [0.1, 0.15) is 37.9 Å². The van der Waals surface area contributed by atoms with E-state index < -0.39 is 0 Å². The minimum Gasteiger partial charge on any atom is -0.469 e. The number of hydrogen-bond donors (Lipinski definition) is 1. The molecule has 0 unspecified atom stereocenters. The second kappa shape index (κ2) is 8.50. The van der Waals surface area contributed by atoms with Gasteiger partial charge in [0, 0.05) is 38.8 Å². The van der Waals surface area contributed by atoms with E-state index in [0.717, 1.165) is 77.1 Å². The third-order valence-corrected chi connectivity index (χ3v) is 5.01. The molecule has 0 radical (unpaired) electrons. The molecule has 2 aliphatic heterocycles. The zero-order chi connectivity index (χ0) is 15.9. The van der Waals surface area contributed by atoms with E-state index >= 15 is 0 Å². The quantitative estimate of drug-likeness (QED) is 0.817. The second-order valence-corrected chi connectivity index (χ2v) is 6.65. The van der Waals surface area contributed by atoms with Gasteiger partial charge in [-0.3, -0.25) is 9.69 Å². The molecular weight excluding hydrogens is 292 g/mol. The monoisotopic (exact) mass is 320 g/mol. The Morgan fingerprint density at radius 3 is 2.96 bits per heavy atom. The topological polar surface area (TPSA) is 54.7 Å². The summed E-state index contributed by atoms with van der Waals surface area (Å²) in [5.74, 6) is 1.36. The van der Waals surface area contributed by atoms with E-state index in [1.807, 2.05) is 12.1 Å². The first kappa shape index (κ1) is 16.5. The van der Waals surface area contributed by atoms with Crippen LogP contribution in [0.15, 0.2) is 22.8 Å². The third kappa shape index (κ3) is 4.82. The molecule has 2 saturated heterocycles. The van der Waals surface area contributed by atoms with Crippen LogP contribution in [0.3, 0.4) is 0 Å². The summed E-state index contributed by atoms with van der Waals surface area (Å²) in [6, 6.07) is 4.49. The predicted octanol–water partition coefficient (Wildman–Crippen LogP) is 2.22. The summed E-state index contributed by atoms with van der Waals surface area (Å²) < 4.78 is 10.8. The third-order valence-electron chi connectivity index (χ3n) is 5.01. The molecule has 0 spiro atoms. The van der Waals surface area contributed by atoms with Crippen molar-refractivity contribution in [2.24, 2.45) is 5.92 Å². The molecule has 5 heteroatoms. The molecule has 128 valence electrons. The lowest BCUT2D eigenvalue weighted by molar-refractivity contribution is -0.127. The Kier molecular flexibility index (Phi) is 6.11. The van der Waals surface area contributed by atoms with Gasteiger partial charge in [-0.05, 0) is 50.8 Å². The fourth-order valence-corrected chi connectivity index (χ4v) is 3.68. The molecule has 2 fully saturated rings. The average Bonchev–Trinajstić information content (AvgIpc) is 3.13. The number of aryl methyl sites for hydroxylation is 1. The summed E-state index contributed by atoms with van der Waals surface area (Å²) in [7, 11) is 0. The van der Waals surface area contributed by atoms with Crippen LogP contribution in [0.25, 0.3) is 0 Å². The molecule has 1 N–H and O–H groups in total. The molecule has 23 heavy (non-hydrogen) atoms. The van der Waals surface area contributed by atoms with Crippen LogP contribution in [0, 0.1) is 5.92 Å². The highest BCUT2D eigenvalue weighted by atomic mass is 16.5. The lowest BCUT2D eigenvalue weighted by Gasteiger charge is -2.39. The highest BCUT2D eigenvalue weighted by Gasteiger charge is 2.30. The molecule has 2 aliphatic rings. The van der Waals surface area contributed by atoms with Gasteiger partial charge in [0.25, 0.3) is 0 Å². The first-order valence-electron chi connectivity index (χ1n) is 8.95. The van der Waals surface area contributed by atoms with E-state index in [4.69, 9.17) is 9.15 Å². The van der Waals surface area contributed by atoms with E-state index in [1.54, 1.807) is 6.26 Å². The summed E-state index contributed by atoms with van der Waals surface area (Å²) in [5, 5.41) is 3.11. The number of nitrogens with zero attached hydrogens (tertiary/aromatic N) is 1. The molecule has 3 heterocycles. The van der Waals surface area contributed by atoms with E-state index in [-0.39, 0.29) is 11.8 Å². The molecule has 0 saturated carbocycles. The number of nitrogens with one attached hydrogen (secondary N) is 1. The minimum atomic E-state index is 0.148. The smallest absolute Gasteiger partial charge is 0.224 e. The number of piperidine rings is 1. The fraction of sp³-hybridized carbons (Fsp3) is 0.722. The van der Waals surface area contributed by atoms with Gasteiger partial charge in [-0.1, -0.05) is 0 Å². The van der Waals surface area contributed by atoms with Gasteiger partial charge in [-0.25, -0.2) is 0 Å². The number of furan rings is 1. The standard InChI is InChI=1S/C18H28N2O3/c21-18(19-9-1-5-17-6-3-11-23-17)15-4-2-10-20(14-15)16-7-12-22-13-8-16/h3,6,11,15-16H,1-2,4-5,7-10,12-14H2,(H,19,21)/t15-/m0/s1. The van der Waals surface area contributed by atoms with Gasteiger partial charge in [0.05, 0.1) is 12.2 Å². The van der Waals surface area contributed by atoms with Crippen LogP contribution in [0.4, 0.5) is 0 Å². The van der Waals surface area contributed by atoms with Gasteiger partial charge in [0.2, 0.25) is 5.91 Å². The Labute approximate surface area is 138 Å². The normalized spacial score (nSPS) is 23.7. The summed E-state index contributed by atoms with van der Waals surface area (Å²) >= 11 is 0. The molecule has 0 bridgehead atoms. The maximum Gasteiger partial charge on any atom is 0.224 e. The van der Waals surface area contributed by atoms with Gasteiger partial charge >= 0.3 is 0 Å². The van der Waals surface area contributed by atoms with E-state index in [1.165, 1.54) is 0 Å². The van der Waals surface area contributed by atoms with Crippen molar-refractivity contribution in [3.63, 3.8) is 0 Å². The highest BCUT2D eigenvalue weighted by Crippen LogP contribution is 2.23. The van der Waals surface area contributed by atoms with Crippen LogP contribution in [0.2, 0.25) is 0 Å². The number of rotatable bonds is 6. The lowest BCUT2D eigenvalue weighted by atomic mass is 9.94. The zero-order valence-electron chi connectivity index (χ0n) is 13.8. The molecule has 5 nitrogen and oxygen atoms in total. The van der Waals surface area contributed by atoms with Crippen LogP contribution >= 0.6 is 0 Å². The molecule has 3 rings (SSSR count).